The highest BCUT2D eigenvalue weighted by atomic mass is 35.5. The van der Waals surface area contributed by atoms with Crippen molar-refractivity contribution in [1.82, 2.24) is 4.98 Å². The number of methoxy groups -OCH3 is 1. The van der Waals surface area contributed by atoms with Gasteiger partial charge < -0.3 is 15.2 Å². The SMILES string of the molecule is COc1cccc(Cl)c1CNc1ncc(C(=O)O)s1. The van der Waals surface area contributed by atoms with E-state index < -0.39 is 5.97 Å². The number of hydrogen-bond donors (Lipinski definition) is 2. The van der Waals surface area contributed by atoms with Crippen LogP contribution < -0.4 is 10.1 Å². The van der Waals surface area contributed by atoms with E-state index in [1.807, 2.05) is 6.07 Å². The second kappa shape index (κ2) is 5.90. The monoisotopic (exact) mass is 298 g/mol. The zero-order chi connectivity index (χ0) is 13.8. The lowest BCUT2D eigenvalue weighted by atomic mass is 10.2. The van der Waals surface area contributed by atoms with Crippen molar-refractivity contribution < 1.29 is 14.6 Å². The van der Waals surface area contributed by atoms with Gasteiger partial charge in [0.2, 0.25) is 0 Å². The second-order valence-corrected chi connectivity index (χ2v) is 5.05. The van der Waals surface area contributed by atoms with Crippen LogP contribution in [0.3, 0.4) is 0 Å². The predicted molar refractivity (Wildman–Crippen MR) is 74.4 cm³/mol. The summed E-state index contributed by atoms with van der Waals surface area (Å²) in [5.41, 5.74) is 0.804. The average Bonchev–Trinajstić information content (AvgIpc) is 2.86. The van der Waals surface area contributed by atoms with Gasteiger partial charge in [-0.25, -0.2) is 9.78 Å². The van der Waals surface area contributed by atoms with Crippen LogP contribution in [-0.4, -0.2) is 23.2 Å². The molecule has 19 heavy (non-hydrogen) atoms. The molecule has 7 heteroatoms. The molecule has 1 aromatic carbocycles. The zero-order valence-electron chi connectivity index (χ0n) is 10.0. The number of hydrogen-bond acceptors (Lipinski definition) is 5. The van der Waals surface area contributed by atoms with E-state index in [2.05, 4.69) is 10.3 Å². The topological polar surface area (TPSA) is 71.5 Å². The molecule has 1 aromatic heterocycles. The summed E-state index contributed by atoms with van der Waals surface area (Å²) in [4.78, 5) is 14.9. The summed E-state index contributed by atoms with van der Waals surface area (Å²) in [5.74, 6) is -0.309. The first-order chi connectivity index (χ1) is 9.11. The van der Waals surface area contributed by atoms with E-state index in [0.717, 1.165) is 16.9 Å². The van der Waals surface area contributed by atoms with Crippen molar-refractivity contribution in [2.75, 3.05) is 12.4 Å². The summed E-state index contributed by atoms with van der Waals surface area (Å²) in [6.45, 7) is 0.412. The van der Waals surface area contributed by atoms with Crippen molar-refractivity contribution in [3.8, 4) is 5.75 Å². The fraction of sp³-hybridized carbons (Fsp3) is 0.167. The van der Waals surface area contributed by atoms with Gasteiger partial charge in [0.05, 0.1) is 13.3 Å². The maximum Gasteiger partial charge on any atom is 0.347 e. The smallest absolute Gasteiger partial charge is 0.347 e. The van der Waals surface area contributed by atoms with E-state index in [-0.39, 0.29) is 4.88 Å². The molecule has 0 bridgehead atoms. The molecule has 5 nitrogen and oxygen atoms in total. The predicted octanol–water partition coefficient (Wildman–Crippen LogP) is 3.12. The van der Waals surface area contributed by atoms with Crippen LogP contribution in [0.5, 0.6) is 5.75 Å². The van der Waals surface area contributed by atoms with Crippen molar-refractivity contribution in [3.05, 3.63) is 39.9 Å². The number of anilines is 1. The highest BCUT2D eigenvalue weighted by Crippen LogP contribution is 2.27. The van der Waals surface area contributed by atoms with Gasteiger partial charge in [0.25, 0.3) is 0 Å². The van der Waals surface area contributed by atoms with Gasteiger partial charge in [-0.3, -0.25) is 0 Å². The molecule has 0 aliphatic heterocycles. The number of carboxylic acids is 1. The first-order valence-corrected chi connectivity index (χ1v) is 6.55. The molecular formula is C12H11ClN2O3S. The molecule has 0 saturated carbocycles. The fourth-order valence-electron chi connectivity index (χ4n) is 1.52. The van der Waals surface area contributed by atoms with Gasteiger partial charge in [0.15, 0.2) is 5.13 Å². The maximum absolute atomic E-state index is 10.7. The molecule has 0 radical (unpaired) electrons. The number of rotatable bonds is 5. The average molecular weight is 299 g/mol. The van der Waals surface area contributed by atoms with Crippen LogP contribution in [0, 0.1) is 0 Å². The normalized spacial score (nSPS) is 10.2. The van der Waals surface area contributed by atoms with E-state index in [0.29, 0.717) is 22.4 Å². The highest BCUT2D eigenvalue weighted by molar-refractivity contribution is 7.17. The molecule has 2 aromatic rings. The summed E-state index contributed by atoms with van der Waals surface area (Å²) in [6, 6.07) is 5.38. The maximum atomic E-state index is 10.7. The molecule has 0 unspecified atom stereocenters. The number of carbonyl (C=O) groups is 1. The van der Waals surface area contributed by atoms with Crippen LogP contribution in [-0.2, 0) is 6.54 Å². The molecule has 0 saturated heterocycles. The molecule has 2 N–H and O–H groups in total. The lowest BCUT2D eigenvalue weighted by molar-refractivity contribution is 0.0702. The van der Waals surface area contributed by atoms with Crippen LogP contribution in [0.25, 0.3) is 0 Å². The van der Waals surface area contributed by atoms with Gasteiger partial charge in [0, 0.05) is 17.1 Å². The van der Waals surface area contributed by atoms with Crippen molar-refractivity contribution >= 4 is 34.0 Å². The fourth-order valence-corrected chi connectivity index (χ4v) is 2.40. The third-order valence-electron chi connectivity index (χ3n) is 2.43. The highest BCUT2D eigenvalue weighted by Gasteiger charge is 2.11. The molecule has 0 spiro atoms. The number of carboxylic acid groups (broad SMARTS) is 1. The Morgan fingerprint density at radius 1 is 1.58 bits per heavy atom. The Labute approximate surface area is 118 Å². The molecule has 0 atom stereocenters. The van der Waals surface area contributed by atoms with Crippen LogP contribution in [0.2, 0.25) is 5.02 Å². The first-order valence-electron chi connectivity index (χ1n) is 5.36. The second-order valence-electron chi connectivity index (χ2n) is 3.61. The van der Waals surface area contributed by atoms with Crippen LogP contribution in [0.15, 0.2) is 24.4 Å². The first kappa shape index (κ1) is 13.6. The number of benzene rings is 1. The number of aromatic nitrogens is 1. The third-order valence-corrected chi connectivity index (χ3v) is 3.73. The minimum Gasteiger partial charge on any atom is -0.496 e. The molecule has 0 aliphatic rings. The van der Waals surface area contributed by atoms with Crippen LogP contribution in [0.4, 0.5) is 5.13 Å². The van der Waals surface area contributed by atoms with Crippen molar-refractivity contribution in [1.29, 1.82) is 0 Å². The van der Waals surface area contributed by atoms with E-state index in [4.69, 9.17) is 21.4 Å². The number of nitrogens with zero attached hydrogens (tertiary/aromatic N) is 1. The molecular weight excluding hydrogens is 288 g/mol. The van der Waals surface area contributed by atoms with Gasteiger partial charge in [-0.05, 0) is 12.1 Å². The van der Waals surface area contributed by atoms with E-state index in [1.165, 1.54) is 6.20 Å². The van der Waals surface area contributed by atoms with E-state index in [1.54, 1.807) is 19.2 Å². The molecule has 0 amide bonds. The van der Waals surface area contributed by atoms with Crippen molar-refractivity contribution in [2.45, 2.75) is 6.54 Å². The van der Waals surface area contributed by atoms with Gasteiger partial charge >= 0.3 is 5.97 Å². The van der Waals surface area contributed by atoms with Crippen LogP contribution >= 0.6 is 22.9 Å². The molecule has 0 fully saturated rings. The quantitative estimate of drug-likeness (QED) is 0.887. The van der Waals surface area contributed by atoms with E-state index >= 15 is 0 Å². The van der Waals surface area contributed by atoms with Gasteiger partial charge in [-0.2, -0.15) is 0 Å². The Morgan fingerprint density at radius 3 is 3.00 bits per heavy atom. The Morgan fingerprint density at radius 2 is 2.37 bits per heavy atom. The summed E-state index contributed by atoms with van der Waals surface area (Å²) < 4.78 is 5.22. The van der Waals surface area contributed by atoms with Crippen LogP contribution in [0.1, 0.15) is 15.2 Å². The molecule has 0 aliphatic carbocycles. The summed E-state index contributed by atoms with van der Waals surface area (Å²) in [7, 11) is 1.57. The zero-order valence-corrected chi connectivity index (χ0v) is 11.6. The molecule has 1 heterocycles. The summed E-state index contributed by atoms with van der Waals surface area (Å²) in [5, 5.41) is 13.0. The van der Waals surface area contributed by atoms with Gasteiger partial charge in [-0.1, -0.05) is 29.0 Å². The number of ether oxygens (including phenoxy) is 1. The minimum absolute atomic E-state index is 0.189. The summed E-state index contributed by atoms with van der Waals surface area (Å²) >= 11 is 7.17. The van der Waals surface area contributed by atoms with Crippen molar-refractivity contribution in [3.63, 3.8) is 0 Å². The Kier molecular flexibility index (Phi) is 4.24. The lowest BCUT2D eigenvalue weighted by Gasteiger charge is -2.10. The largest absolute Gasteiger partial charge is 0.496 e. The third kappa shape index (κ3) is 3.15. The van der Waals surface area contributed by atoms with Gasteiger partial charge in [-0.15, -0.1) is 0 Å². The van der Waals surface area contributed by atoms with Gasteiger partial charge in [0.1, 0.15) is 10.6 Å². The molecule has 2 rings (SSSR count). The Balaban J connectivity index is 2.12. The Hall–Kier alpha value is -1.79. The number of nitrogens with one attached hydrogen (secondary N) is 1. The number of halogens is 1. The van der Waals surface area contributed by atoms with Crippen molar-refractivity contribution in [2.24, 2.45) is 0 Å². The number of aromatic carboxylic acids is 1. The lowest BCUT2D eigenvalue weighted by Crippen LogP contribution is -2.02. The van der Waals surface area contributed by atoms with E-state index in [9.17, 15) is 4.79 Å². The standard InChI is InChI=1S/C12H11ClN2O3S/c1-18-9-4-2-3-8(13)7(9)5-14-12-15-6-10(19-12)11(16)17/h2-4,6H,5H2,1H3,(H,14,15)(H,16,17). The minimum atomic E-state index is -0.985. The summed E-state index contributed by atoms with van der Waals surface area (Å²) in [6.07, 6.45) is 1.32. The molecule has 100 valence electrons. The Bertz CT molecular complexity index is 600. The number of thiazole rings is 1.